The van der Waals surface area contributed by atoms with E-state index in [4.69, 9.17) is 9.40 Å². The van der Waals surface area contributed by atoms with Gasteiger partial charge >= 0.3 is 0 Å². The van der Waals surface area contributed by atoms with E-state index in [9.17, 15) is 0 Å². The third-order valence-corrected chi connectivity index (χ3v) is 10.0. The van der Waals surface area contributed by atoms with E-state index in [1.54, 1.807) is 0 Å². The van der Waals surface area contributed by atoms with E-state index in [0.717, 1.165) is 66.4 Å². The predicted octanol–water partition coefficient (Wildman–Crippen LogP) is 13.8. The zero-order chi connectivity index (χ0) is 34.4. The Kier molecular flexibility index (Phi) is 7.14. The van der Waals surface area contributed by atoms with E-state index in [0.29, 0.717) is 5.89 Å². The molecule has 10 aromatic rings. The molecule has 0 aliphatic rings. The predicted molar refractivity (Wildman–Crippen MR) is 218 cm³/mol. The van der Waals surface area contributed by atoms with Gasteiger partial charge in [0.15, 0.2) is 5.58 Å². The number of hydrogen-bond donors (Lipinski definition) is 0. The standard InChI is InChI=1S/C49H32N2O/c1-4-14-33(15-5-1)36-20-12-21-37(30-36)43-31-38-26-27-40(51(39-22-8-3-9-23-39)46-25-13-19-34-16-10-11-24-41(34)46)32-44(38)47-42(43)28-29-45-48(47)52-49(50-45)35-17-6-2-7-18-35/h1-32H. The van der Waals surface area contributed by atoms with Gasteiger partial charge < -0.3 is 9.32 Å². The van der Waals surface area contributed by atoms with Crippen LogP contribution in [0.25, 0.3) is 77.1 Å². The van der Waals surface area contributed by atoms with Crippen LogP contribution in [-0.2, 0) is 0 Å². The van der Waals surface area contributed by atoms with Crippen LogP contribution >= 0.6 is 0 Å². The second-order valence-corrected chi connectivity index (χ2v) is 13.2. The highest BCUT2D eigenvalue weighted by molar-refractivity contribution is 6.23. The van der Waals surface area contributed by atoms with Gasteiger partial charge in [-0.15, -0.1) is 0 Å². The maximum absolute atomic E-state index is 6.76. The summed E-state index contributed by atoms with van der Waals surface area (Å²) in [7, 11) is 0. The van der Waals surface area contributed by atoms with Crippen molar-refractivity contribution in [1.29, 1.82) is 0 Å². The van der Waals surface area contributed by atoms with Gasteiger partial charge in [0.25, 0.3) is 0 Å². The van der Waals surface area contributed by atoms with Crippen molar-refractivity contribution < 1.29 is 4.42 Å². The van der Waals surface area contributed by atoms with E-state index in [1.165, 1.54) is 21.9 Å². The molecule has 0 bridgehead atoms. The highest BCUT2D eigenvalue weighted by Gasteiger charge is 2.20. The van der Waals surface area contributed by atoms with Gasteiger partial charge in [-0.25, -0.2) is 4.98 Å². The number of aromatic nitrogens is 1. The zero-order valence-electron chi connectivity index (χ0n) is 28.3. The molecule has 0 N–H and O–H groups in total. The van der Waals surface area contributed by atoms with Crippen molar-refractivity contribution >= 4 is 60.5 Å². The summed E-state index contributed by atoms with van der Waals surface area (Å²) in [6.45, 7) is 0. The molecule has 0 unspecified atom stereocenters. The van der Waals surface area contributed by atoms with Crippen LogP contribution in [0.2, 0.25) is 0 Å². The number of fused-ring (bicyclic) bond motifs is 6. The van der Waals surface area contributed by atoms with Gasteiger partial charge in [-0.05, 0) is 104 Å². The number of rotatable bonds is 6. The molecule has 3 heteroatoms. The SMILES string of the molecule is c1ccc(-c2cccc(-c3cc4ccc(N(c5ccccc5)c5cccc6ccccc56)cc4c4c3ccc3nc(-c5ccccc5)oc34)c2)cc1. The molecule has 1 aromatic heterocycles. The molecule has 52 heavy (non-hydrogen) atoms. The molecule has 0 fully saturated rings. The van der Waals surface area contributed by atoms with Crippen molar-refractivity contribution in [2.24, 2.45) is 0 Å². The number of benzene rings is 9. The summed E-state index contributed by atoms with van der Waals surface area (Å²) in [6.07, 6.45) is 0. The molecular weight excluding hydrogens is 633 g/mol. The van der Waals surface area contributed by atoms with E-state index < -0.39 is 0 Å². The third kappa shape index (κ3) is 5.10. The zero-order valence-corrected chi connectivity index (χ0v) is 28.3. The van der Waals surface area contributed by atoms with Gasteiger partial charge in [-0.2, -0.15) is 0 Å². The van der Waals surface area contributed by atoms with Crippen LogP contribution in [0.5, 0.6) is 0 Å². The van der Waals surface area contributed by atoms with Crippen LogP contribution in [0, 0.1) is 0 Å². The van der Waals surface area contributed by atoms with Gasteiger partial charge in [-0.1, -0.05) is 133 Å². The highest BCUT2D eigenvalue weighted by Crippen LogP contribution is 2.44. The van der Waals surface area contributed by atoms with Gasteiger partial charge in [0.2, 0.25) is 5.89 Å². The summed E-state index contributed by atoms with van der Waals surface area (Å²) in [5.74, 6) is 0.616. The number of nitrogens with zero attached hydrogens (tertiary/aromatic N) is 2. The lowest BCUT2D eigenvalue weighted by Crippen LogP contribution is -2.10. The summed E-state index contributed by atoms with van der Waals surface area (Å²) in [4.78, 5) is 7.37. The Morgan fingerprint density at radius 2 is 1.08 bits per heavy atom. The lowest BCUT2D eigenvalue weighted by atomic mass is 9.91. The van der Waals surface area contributed by atoms with E-state index in [-0.39, 0.29) is 0 Å². The minimum atomic E-state index is 0.616. The fraction of sp³-hybridized carbons (Fsp3) is 0. The van der Waals surface area contributed by atoms with Crippen LogP contribution < -0.4 is 4.90 Å². The van der Waals surface area contributed by atoms with Crippen molar-refractivity contribution in [2.75, 3.05) is 4.90 Å². The third-order valence-electron chi connectivity index (χ3n) is 10.0. The molecule has 0 atom stereocenters. The molecule has 0 aliphatic carbocycles. The molecular formula is C49H32N2O. The summed E-state index contributed by atoms with van der Waals surface area (Å²) in [5, 5.41) is 6.81. The Bertz CT molecular complexity index is 2890. The quantitative estimate of drug-likeness (QED) is 0.166. The summed E-state index contributed by atoms with van der Waals surface area (Å²) < 4.78 is 6.76. The van der Waals surface area contributed by atoms with Gasteiger partial charge in [0, 0.05) is 27.7 Å². The van der Waals surface area contributed by atoms with E-state index >= 15 is 0 Å². The molecule has 0 spiro atoms. The van der Waals surface area contributed by atoms with Crippen LogP contribution in [-0.4, -0.2) is 4.98 Å². The molecule has 3 nitrogen and oxygen atoms in total. The Morgan fingerprint density at radius 3 is 1.90 bits per heavy atom. The average molecular weight is 665 g/mol. The fourth-order valence-corrected chi connectivity index (χ4v) is 7.59. The minimum Gasteiger partial charge on any atom is -0.435 e. The van der Waals surface area contributed by atoms with Crippen LogP contribution in [0.15, 0.2) is 199 Å². The first kappa shape index (κ1) is 29.9. The molecule has 1 heterocycles. The van der Waals surface area contributed by atoms with Crippen molar-refractivity contribution in [2.45, 2.75) is 0 Å². The van der Waals surface area contributed by atoms with Gasteiger partial charge in [-0.3, -0.25) is 0 Å². The number of oxazole rings is 1. The first-order valence-corrected chi connectivity index (χ1v) is 17.6. The van der Waals surface area contributed by atoms with Gasteiger partial charge in [0.1, 0.15) is 5.52 Å². The highest BCUT2D eigenvalue weighted by atomic mass is 16.3. The lowest BCUT2D eigenvalue weighted by Gasteiger charge is -2.27. The first-order valence-electron chi connectivity index (χ1n) is 17.6. The monoisotopic (exact) mass is 664 g/mol. The van der Waals surface area contributed by atoms with Gasteiger partial charge in [0.05, 0.1) is 5.69 Å². The number of anilines is 3. The van der Waals surface area contributed by atoms with Crippen molar-refractivity contribution in [3.05, 3.63) is 194 Å². The summed E-state index contributed by atoms with van der Waals surface area (Å²) in [6, 6.07) is 68.7. The van der Waals surface area contributed by atoms with E-state index in [1.807, 2.05) is 30.3 Å². The normalized spacial score (nSPS) is 11.5. The topological polar surface area (TPSA) is 29.3 Å². The molecule has 0 saturated heterocycles. The Hall–Kier alpha value is -6.97. The molecule has 244 valence electrons. The van der Waals surface area contributed by atoms with Crippen molar-refractivity contribution in [3.63, 3.8) is 0 Å². The Morgan fingerprint density at radius 1 is 0.404 bits per heavy atom. The number of para-hydroxylation sites is 1. The molecule has 9 aromatic carbocycles. The number of hydrogen-bond acceptors (Lipinski definition) is 3. The van der Waals surface area contributed by atoms with Crippen molar-refractivity contribution in [1.82, 2.24) is 4.98 Å². The second-order valence-electron chi connectivity index (χ2n) is 13.2. The molecule has 0 radical (unpaired) electrons. The maximum Gasteiger partial charge on any atom is 0.227 e. The summed E-state index contributed by atoms with van der Waals surface area (Å²) >= 11 is 0. The molecule has 10 rings (SSSR count). The molecule has 0 amide bonds. The molecule has 0 aliphatic heterocycles. The minimum absolute atomic E-state index is 0.616. The summed E-state index contributed by atoms with van der Waals surface area (Å²) in [5.41, 5.74) is 10.5. The fourth-order valence-electron chi connectivity index (χ4n) is 7.59. The largest absolute Gasteiger partial charge is 0.435 e. The Balaban J connectivity index is 1.26. The maximum atomic E-state index is 6.76. The molecule has 0 saturated carbocycles. The lowest BCUT2D eigenvalue weighted by molar-refractivity contribution is 0.623. The Labute approximate surface area is 301 Å². The van der Waals surface area contributed by atoms with Crippen molar-refractivity contribution in [3.8, 4) is 33.7 Å². The second kappa shape index (κ2) is 12.4. The van der Waals surface area contributed by atoms with Crippen LogP contribution in [0.1, 0.15) is 0 Å². The first-order chi connectivity index (χ1) is 25.8. The smallest absolute Gasteiger partial charge is 0.227 e. The van der Waals surface area contributed by atoms with E-state index in [2.05, 4.69) is 169 Å². The average Bonchev–Trinajstić information content (AvgIpc) is 3.67. The van der Waals surface area contributed by atoms with Crippen LogP contribution in [0.3, 0.4) is 0 Å². The van der Waals surface area contributed by atoms with Crippen LogP contribution in [0.4, 0.5) is 17.1 Å².